The normalized spacial score (nSPS) is 10.2. The average molecular weight is 221 g/mol. The molecule has 0 saturated heterocycles. The molecule has 0 bridgehead atoms. The molecule has 0 fully saturated rings. The molecule has 0 spiro atoms. The summed E-state index contributed by atoms with van der Waals surface area (Å²) in [6.45, 7) is 6.92. The standard InChI is InChI=1S/C13H19NO2/c1-9-7-10(2)13(11(3)8-9)14-6-4-5-12(15)16/h7-8,14H,4-6H2,1-3H3,(H,15,16). The van der Waals surface area contributed by atoms with E-state index in [0.29, 0.717) is 13.0 Å². The summed E-state index contributed by atoms with van der Waals surface area (Å²) in [4.78, 5) is 10.4. The molecule has 1 rings (SSSR count). The Kier molecular flexibility index (Phi) is 4.35. The van der Waals surface area contributed by atoms with Crippen LogP contribution in [0.25, 0.3) is 0 Å². The van der Waals surface area contributed by atoms with E-state index in [4.69, 9.17) is 5.11 Å². The van der Waals surface area contributed by atoms with Gasteiger partial charge in [-0.15, -0.1) is 0 Å². The van der Waals surface area contributed by atoms with Gasteiger partial charge in [-0.05, 0) is 38.3 Å². The first-order valence-corrected chi connectivity index (χ1v) is 5.54. The average Bonchev–Trinajstić information content (AvgIpc) is 2.14. The van der Waals surface area contributed by atoms with Gasteiger partial charge < -0.3 is 10.4 Å². The Morgan fingerprint density at radius 2 is 1.81 bits per heavy atom. The van der Waals surface area contributed by atoms with Gasteiger partial charge >= 0.3 is 5.97 Å². The fraction of sp³-hybridized carbons (Fsp3) is 0.462. The number of carboxylic acids is 1. The first-order chi connectivity index (χ1) is 7.50. The minimum absolute atomic E-state index is 0.219. The van der Waals surface area contributed by atoms with E-state index >= 15 is 0 Å². The van der Waals surface area contributed by atoms with Crippen molar-refractivity contribution in [2.24, 2.45) is 0 Å². The molecule has 3 heteroatoms. The van der Waals surface area contributed by atoms with Crippen LogP contribution < -0.4 is 5.32 Å². The third-order valence-electron chi connectivity index (χ3n) is 2.55. The van der Waals surface area contributed by atoms with Gasteiger partial charge in [0.05, 0.1) is 0 Å². The van der Waals surface area contributed by atoms with Crippen molar-refractivity contribution in [3.63, 3.8) is 0 Å². The van der Waals surface area contributed by atoms with Gasteiger partial charge in [0, 0.05) is 18.7 Å². The van der Waals surface area contributed by atoms with Gasteiger partial charge in [0.25, 0.3) is 0 Å². The van der Waals surface area contributed by atoms with Crippen LogP contribution in [-0.4, -0.2) is 17.6 Å². The first-order valence-electron chi connectivity index (χ1n) is 5.54. The molecule has 16 heavy (non-hydrogen) atoms. The number of aliphatic carboxylic acids is 1. The maximum atomic E-state index is 10.4. The molecule has 2 N–H and O–H groups in total. The Labute approximate surface area is 96.5 Å². The van der Waals surface area contributed by atoms with E-state index in [-0.39, 0.29) is 6.42 Å². The molecule has 1 aromatic rings. The molecule has 88 valence electrons. The summed E-state index contributed by atoms with van der Waals surface area (Å²) in [6, 6.07) is 4.26. The number of aryl methyl sites for hydroxylation is 3. The summed E-state index contributed by atoms with van der Waals surface area (Å²) < 4.78 is 0. The summed E-state index contributed by atoms with van der Waals surface area (Å²) in [7, 11) is 0. The molecule has 0 unspecified atom stereocenters. The molecule has 0 radical (unpaired) electrons. The lowest BCUT2D eigenvalue weighted by atomic mass is 10.1. The zero-order valence-corrected chi connectivity index (χ0v) is 10.1. The summed E-state index contributed by atoms with van der Waals surface area (Å²) >= 11 is 0. The number of carboxylic acid groups (broad SMARTS) is 1. The lowest BCUT2D eigenvalue weighted by Gasteiger charge is -2.13. The second-order valence-corrected chi connectivity index (χ2v) is 4.20. The molecule has 0 atom stereocenters. The van der Waals surface area contributed by atoms with Crippen molar-refractivity contribution in [3.8, 4) is 0 Å². The molecule has 0 aliphatic carbocycles. The fourth-order valence-corrected chi connectivity index (χ4v) is 1.91. The van der Waals surface area contributed by atoms with E-state index in [1.807, 2.05) is 0 Å². The second kappa shape index (κ2) is 5.54. The predicted molar refractivity (Wildman–Crippen MR) is 66.0 cm³/mol. The van der Waals surface area contributed by atoms with Crippen molar-refractivity contribution < 1.29 is 9.90 Å². The van der Waals surface area contributed by atoms with Crippen LogP contribution in [0.15, 0.2) is 12.1 Å². The number of nitrogens with one attached hydrogen (secondary N) is 1. The van der Waals surface area contributed by atoms with Gasteiger partial charge in [0.15, 0.2) is 0 Å². The van der Waals surface area contributed by atoms with E-state index < -0.39 is 5.97 Å². The topological polar surface area (TPSA) is 49.3 Å². The highest BCUT2D eigenvalue weighted by atomic mass is 16.4. The first kappa shape index (κ1) is 12.6. The Hall–Kier alpha value is -1.51. The minimum Gasteiger partial charge on any atom is -0.481 e. The molecular weight excluding hydrogens is 202 g/mol. The van der Waals surface area contributed by atoms with Crippen molar-refractivity contribution in [1.82, 2.24) is 0 Å². The summed E-state index contributed by atoms with van der Waals surface area (Å²) in [5.74, 6) is -0.737. The minimum atomic E-state index is -0.737. The Balaban J connectivity index is 2.57. The van der Waals surface area contributed by atoms with Crippen LogP contribution in [0.5, 0.6) is 0 Å². The summed E-state index contributed by atoms with van der Waals surface area (Å²) in [5.41, 5.74) is 4.82. The van der Waals surface area contributed by atoms with Crippen LogP contribution in [0.3, 0.4) is 0 Å². The molecule has 0 heterocycles. The third-order valence-corrected chi connectivity index (χ3v) is 2.55. The van der Waals surface area contributed by atoms with Crippen molar-refractivity contribution in [2.45, 2.75) is 33.6 Å². The smallest absolute Gasteiger partial charge is 0.303 e. The van der Waals surface area contributed by atoms with Gasteiger partial charge in [-0.3, -0.25) is 4.79 Å². The molecule has 0 aliphatic heterocycles. The zero-order valence-electron chi connectivity index (χ0n) is 10.1. The van der Waals surface area contributed by atoms with Crippen molar-refractivity contribution in [3.05, 3.63) is 28.8 Å². The van der Waals surface area contributed by atoms with E-state index in [0.717, 1.165) is 5.69 Å². The van der Waals surface area contributed by atoms with E-state index in [1.165, 1.54) is 16.7 Å². The van der Waals surface area contributed by atoms with Crippen LogP contribution in [0.1, 0.15) is 29.5 Å². The highest BCUT2D eigenvalue weighted by molar-refractivity contribution is 5.66. The number of benzene rings is 1. The van der Waals surface area contributed by atoms with Crippen LogP contribution in [-0.2, 0) is 4.79 Å². The summed E-state index contributed by atoms with van der Waals surface area (Å²) in [6.07, 6.45) is 0.874. The highest BCUT2D eigenvalue weighted by Crippen LogP contribution is 2.21. The molecular formula is C13H19NO2. The monoisotopic (exact) mass is 221 g/mol. The van der Waals surface area contributed by atoms with Gasteiger partial charge in [0.1, 0.15) is 0 Å². The fourth-order valence-electron chi connectivity index (χ4n) is 1.91. The molecule has 0 aromatic heterocycles. The number of hydrogen-bond acceptors (Lipinski definition) is 2. The number of hydrogen-bond donors (Lipinski definition) is 2. The Morgan fingerprint density at radius 1 is 1.25 bits per heavy atom. The molecule has 0 amide bonds. The maximum absolute atomic E-state index is 10.4. The lowest BCUT2D eigenvalue weighted by molar-refractivity contribution is -0.137. The van der Waals surface area contributed by atoms with Crippen LogP contribution in [0.4, 0.5) is 5.69 Å². The van der Waals surface area contributed by atoms with Crippen LogP contribution >= 0.6 is 0 Å². The Bertz CT molecular complexity index is 363. The van der Waals surface area contributed by atoms with Crippen LogP contribution in [0.2, 0.25) is 0 Å². The highest BCUT2D eigenvalue weighted by Gasteiger charge is 2.03. The lowest BCUT2D eigenvalue weighted by Crippen LogP contribution is -2.07. The SMILES string of the molecule is Cc1cc(C)c(NCCCC(=O)O)c(C)c1. The van der Waals surface area contributed by atoms with Crippen molar-refractivity contribution in [2.75, 3.05) is 11.9 Å². The number of rotatable bonds is 5. The quantitative estimate of drug-likeness (QED) is 0.752. The van der Waals surface area contributed by atoms with E-state index in [9.17, 15) is 4.79 Å². The Morgan fingerprint density at radius 3 is 2.31 bits per heavy atom. The van der Waals surface area contributed by atoms with E-state index in [2.05, 4.69) is 38.2 Å². The van der Waals surface area contributed by atoms with E-state index in [1.54, 1.807) is 0 Å². The maximum Gasteiger partial charge on any atom is 0.303 e. The molecule has 3 nitrogen and oxygen atoms in total. The van der Waals surface area contributed by atoms with Crippen LogP contribution in [0, 0.1) is 20.8 Å². The largest absolute Gasteiger partial charge is 0.481 e. The molecule has 0 saturated carbocycles. The zero-order chi connectivity index (χ0) is 12.1. The number of carbonyl (C=O) groups is 1. The molecule has 0 aliphatic rings. The van der Waals surface area contributed by atoms with Gasteiger partial charge in [-0.2, -0.15) is 0 Å². The summed E-state index contributed by atoms with van der Waals surface area (Å²) in [5, 5.41) is 11.8. The van der Waals surface area contributed by atoms with Gasteiger partial charge in [0.2, 0.25) is 0 Å². The third kappa shape index (κ3) is 3.57. The number of anilines is 1. The van der Waals surface area contributed by atoms with Gasteiger partial charge in [-0.25, -0.2) is 0 Å². The van der Waals surface area contributed by atoms with Gasteiger partial charge in [-0.1, -0.05) is 17.7 Å². The van der Waals surface area contributed by atoms with Crippen molar-refractivity contribution >= 4 is 11.7 Å². The van der Waals surface area contributed by atoms with Crippen molar-refractivity contribution in [1.29, 1.82) is 0 Å². The predicted octanol–water partition coefficient (Wildman–Crippen LogP) is 2.89. The molecule has 1 aromatic carbocycles. The second-order valence-electron chi connectivity index (χ2n) is 4.20.